The van der Waals surface area contributed by atoms with Crippen molar-refractivity contribution < 1.29 is 0 Å². The summed E-state index contributed by atoms with van der Waals surface area (Å²) in [6.07, 6.45) is 3.86. The van der Waals surface area contributed by atoms with Crippen molar-refractivity contribution in [2.45, 2.75) is 39.2 Å². The Hall–Kier alpha value is -1.06. The summed E-state index contributed by atoms with van der Waals surface area (Å²) in [5.41, 5.74) is 2.16. The minimum absolute atomic E-state index is 0.359. The fourth-order valence-corrected chi connectivity index (χ4v) is 2.69. The summed E-state index contributed by atoms with van der Waals surface area (Å²) in [6, 6.07) is 5.71. The van der Waals surface area contributed by atoms with Crippen LogP contribution in [0.2, 0.25) is 10.0 Å². The molecule has 0 aliphatic carbocycles. The van der Waals surface area contributed by atoms with Crippen LogP contribution in [0.3, 0.4) is 0 Å². The van der Waals surface area contributed by atoms with Gasteiger partial charge in [0.25, 0.3) is 0 Å². The minimum atomic E-state index is 0.359. The number of halogens is 2. The molecular formula is C14H17Cl2N3. The number of hydrogen-bond acceptors (Lipinski definition) is 2. The van der Waals surface area contributed by atoms with Gasteiger partial charge in [-0.15, -0.1) is 5.10 Å². The first-order valence-electron chi connectivity index (χ1n) is 6.47. The molecule has 0 radical (unpaired) electrons. The average molecular weight is 298 g/mol. The van der Waals surface area contributed by atoms with Gasteiger partial charge in [0.1, 0.15) is 0 Å². The first-order valence-corrected chi connectivity index (χ1v) is 7.23. The Bertz CT molecular complexity index is 531. The molecule has 1 aromatic carbocycles. The highest BCUT2D eigenvalue weighted by atomic mass is 35.5. The minimum Gasteiger partial charge on any atom is -0.253 e. The monoisotopic (exact) mass is 297 g/mol. The van der Waals surface area contributed by atoms with Crippen LogP contribution in [0.5, 0.6) is 0 Å². The van der Waals surface area contributed by atoms with Gasteiger partial charge in [0.05, 0.1) is 5.69 Å². The van der Waals surface area contributed by atoms with E-state index >= 15 is 0 Å². The zero-order valence-electron chi connectivity index (χ0n) is 11.1. The third-order valence-corrected chi connectivity index (χ3v) is 3.65. The van der Waals surface area contributed by atoms with E-state index in [-0.39, 0.29) is 0 Å². The number of aromatic nitrogens is 3. The van der Waals surface area contributed by atoms with Gasteiger partial charge in [-0.1, -0.05) is 35.3 Å². The molecule has 5 heteroatoms. The normalized spacial score (nSPS) is 12.6. The van der Waals surface area contributed by atoms with E-state index in [1.165, 1.54) is 0 Å². The highest BCUT2D eigenvalue weighted by Crippen LogP contribution is 2.28. The molecule has 102 valence electrons. The Morgan fingerprint density at radius 1 is 1.16 bits per heavy atom. The molecule has 1 unspecified atom stereocenters. The third-order valence-electron chi connectivity index (χ3n) is 3.21. The smallest absolute Gasteiger partial charge is 0.0833 e. The Labute approximate surface area is 123 Å². The number of nitrogens with zero attached hydrogens (tertiary/aromatic N) is 3. The van der Waals surface area contributed by atoms with Gasteiger partial charge in [-0.3, -0.25) is 4.68 Å². The van der Waals surface area contributed by atoms with Crippen molar-refractivity contribution in [3.05, 3.63) is 45.7 Å². The second-order valence-corrected chi connectivity index (χ2v) is 5.45. The molecular weight excluding hydrogens is 281 g/mol. The molecule has 0 N–H and O–H groups in total. The summed E-state index contributed by atoms with van der Waals surface area (Å²) >= 11 is 12.1. The van der Waals surface area contributed by atoms with E-state index in [9.17, 15) is 0 Å². The van der Waals surface area contributed by atoms with E-state index in [0.29, 0.717) is 16.0 Å². The van der Waals surface area contributed by atoms with Gasteiger partial charge in [0.15, 0.2) is 0 Å². The van der Waals surface area contributed by atoms with Crippen LogP contribution in [0, 0.1) is 0 Å². The Morgan fingerprint density at radius 3 is 2.37 bits per heavy atom. The standard InChI is InChI=1S/C14H17Cl2N3/c1-3-10(7-14-9-19(4-2)18-17-14)11-5-12(15)8-13(16)6-11/h5-6,8-10H,3-4,7H2,1-2H3. The van der Waals surface area contributed by atoms with E-state index in [2.05, 4.69) is 17.2 Å². The highest BCUT2D eigenvalue weighted by Gasteiger charge is 2.14. The summed E-state index contributed by atoms with van der Waals surface area (Å²) < 4.78 is 1.84. The lowest BCUT2D eigenvalue weighted by molar-refractivity contribution is 0.624. The first kappa shape index (κ1) is 14.4. The van der Waals surface area contributed by atoms with E-state index in [1.54, 1.807) is 6.07 Å². The van der Waals surface area contributed by atoms with Crippen molar-refractivity contribution in [1.82, 2.24) is 15.0 Å². The molecule has 0 amide bonds. The number of rotatable bonds is 5. The molecule has 1 atom stereocenters. The van der Waals surface area contributed by atoms with Crippen molar-refractivity contribution in [3.8, 4) is 0 Å². The molecule has 0 aliphatic rings. The molecule has 0 saturated heterocycles. The van der Waals surface area contributed by atoms with Gasteiger partial charge in [0, 0.05) is 22.8 Å². The number of hydrogen-bond donors (Lipinski definition) is 0. The van der Waals surface area contributed by atoms with Crippen LogP contribution in [0.4, 0.5) is 0 Å². The molecule has 3 nitrogen and oxygen atoms in total. The lowest BCUT2D eigenvalue weighted by atomic mass is 9.92. The lowest BCUT2D eigenvalue weighted by Gasteiger charge is -2.14. The van der Waals surface area contributed by atoms with Crippen molar-refractivity contribution in [1.29, 1.82) is 0 Å². The van der Waals surface area contributed by atoms with Crippen LogP contribution < -0.4 is 0 Å². The molecule has 0 aliphatic heterocycles. The third kappa shape index (κ3) is 3.71. The lowest BCUT2D eigenvalue weighted by Crippen LogP contribution is -2.02. The van der Waals surface area contributed by atoms with E-state index < -0.39 is 0 Å². The van der Waals surface area contributed by atoms with E-state index in [4.69, 9.17) is 23.2 Å². The zero-order valence-corrected chi connectivity index (χ0v) is 12.6. The van der Waals surface area contributed by atoms with Gasteiger partial charge in [-0.25, -0.2) is 0 Å². The number of benzene rings is 1. The second kappa shape index (κ2) is 6.40. The predicted octanol–water partition coefficient (Wildman–Crippen LogP) is 4.34. The Balaban J connectivity index is 2.19. The predicted molar refractivity (Wildman–Crippen MR) is 78.9 cm³/mol. The summed E-state index contributed by atoms with van der Waals surface area (Å²) in [5, 5.41) is 9.62. The van der Waals surface area contributed by atoms with Gasteiger partial charge in [-0.05, 0) is 49.4 Å². The molecule has 0 bridgehead atoms. The summed E-state index contributed by atoms with van der Waals surface area (Å²) in [6.45, 7) is 5.04. The summed E-state index contributed by atoms with van der Waals surface area (Å²) in [7, 11) is 0. The quantitative estimate of drug-likeness (QED) is 0.822. The maximum atomic E-state index is 6.06. The second-order valence-electron chi connectivity index (χ2n) is 4.58. The molecule has 1 heterocycles. The summed E-state index contributed by atoms with van der Waals surface area (Å²) in [5.74, 6) is 0.359. The molecule has 2 rings (SSSR count). The first-order chi connectivity index (χ1) is 9.12. The largest absolute Gasteiger partial charge is 0.253 e. The molecule has 2 aromatic rings. The highest BCUT2D eigenvalue weighted by molar-refractivity contribution is 6.34. The van der Waals surface area contributed by atoms with Gasteiger partial charge in [-0.2, -0.15) is 0 Å². The molecule has 0 spiro atoms. The van der Waals surface area contributed by atoms with Crippen molar-refractivity contribution in [3.63, 3.8) is 0 Å². The van der Waals surface area contributed by atoms with Crippen LogP contribution in [0.25, 0.3) is 0 Å². The van der Waals surface area contributed by atoms with Crippen LogP contribution >= 0.6 is 23.2 Å². The fourth-order valence-electron chi connectivity index (χ4n) is 2.15. The van der Waals surface area contributed by atoms with Gasteiger partial charge in [0.2, 0.25) is 0 Å². The van der Waals surface area contributed by atoms with E-state index in [0.717, 1.165) is 30.6 Å². The van der Waals surface area contributed by atoms with E-state index in [1.807, 2.05) is 29.9 Å². The van der Waals surface area contributed by atoms with Gasteiger partial charge < -0.3 is 0 Å². The SMILES string of the molecule is CCC(Cc1cn(CC)nn1)c1cc(Cl)cc(Cl)c1. The van der Waals surface area contributed by atoms with Crippen LogP contribution in [0.15, 0.2) is 24.4 Å². The van der Waals surface area contributed by atoms with Crippen molar-refractivity contribution >= 4 is 23.2 Å². The molecule has 1 aromatic heterocycles. The van der Waals surface area contributed by atoms with Crippen molar-refractivity contribution in [2.24, 2.45) is 0 Å². The molecule has 0 fully saturated rings. The number of aryl methyl sites for hydroxylation is 1. The zero-order chi connectivity index (χ0) is 13.8. The Kier molecular flexibility index (Phi) is 4.83. The Morgan fingerprint density at radius 2 is 1.84 bits per heavy atom. The maximum absolute atomic E-state index is 6.06. The van der Waals surface area contributed by atoms with Crippen molar-refractivity contribution in [2.75, 3.05) is 0 Å². The van der Waals surface area contributed by atoms with Crippen LogP contribution in [0.1, 0.15) is 37.4 Å². The van der Waals surface area contributed by atoms with Crippen LogP contribution in [-0.2, 0) is 13.0 Å². The molecule has 0 saturated carbocycles. The summed E-state index contributed by atoms with van der Waals surface area (Å²) in [4.78, 5) is 0. The van der Waals surface area contributed by atoms with Crippen LogP contribution in [-0.4, -0.2) is 15.0 Å². The average Bonchev–Trinajstić information content (AvgIpc) is 2.82. The van der Waals surface area contributed by atoms with Gasteiger partial charge >= 0.3 is 0 Å². The molecule has 19 heavy (non-hydrogen) atoms. The fraction of sp³-hybridized carbons (Fsp3) is 0.429. The maximum Gasteiger partial charge on any atom is 0.0833 e. The topological polar surface area (TPSA) is 30.7 Å².